The van der Waals surface area contributed by atoms with Gasteiger partial charge in [-0.05, 0) is 43.0 Å². The van der Waals surface area contributed by atoms with Crippen molar-refractivity contribution in [2.45, 2.75) is 42.4 Å². The molecule has 0 bridgehead atoms. The number of sulfone groups is 1. The topological polar surface area (TPSA) is 43.4 Å². The molecule has 3 nitrogen and oxygen atoms in total. The predicted molar refractivity (Wildman–Crippen MR) is 88.3 cm³/mol. The van der Waals surface area contributed by atoms with Crippen molar-refractivity contribution in [2.75, 3.05) is 6.26 Å². The normalized spacial score (nSPS) is 23.6. The number of ether oxygens (including phenoxy) is 1. The molecule has 2 atom stereocenters. The third kappa shape index (κ3) is 4.21. The summed E-state index contributed by atoms with van der Waals surface area (Å²) in [5, 5.41) is 0.494. The van der Waals surface area contributed by atoms with Gasteiger partial charge in [-0.25, -0.2) is 8.42 Å². The lowest BCUT2D eigenvalue weighted by Crippen LogP contribution is -2.33. The minimum absolute atomic E-state index is 0.00664. The van der Waals surface area contributed by atoms with Crippen LogP contribution in [0.3, 0.4) is 0 Å². The molecule has 1 saturated carbocycles. The molecule has 0 amide bonds. The molecule has 1 aliphatic carbocycles. The lowest BCUT2D eigenvalue weighted by molar-refractivity contribution is 0.156. The first-order valence-electron chi connectivity index (χ1n) is 6.60. The number of rotatable bonds is 4. The Labute approximate surface area is 137 Å². The average molecular weight is 426 g/mol. The molecule has 112 valence electrons. The van der Waals surface area contributed by atoms with Crippen LogP contribution in [0.4, 0.5) is 0 Å². The molecule has 2 unspecified atom stereocenters. The van der Waals surface area contributed by atoms with Gasteiger partial charge in [0.2, 0.25) is 0 Å². The van der Waals surface area contributed by atoms with Crippen LogP contribution in [0, 0.1) is 0 Å². The van der Waals surface area contributed by atoms with Crippen LogP contribution in [0.15, 0.2) is 22.7 Å². The zero-order valence-corrected chi connectivity index (χ0v) is 15.3. The van der Waals surface area contributed by atoms with Gasteiger partial charge < -0.3 is 4.74 Å². The van der Waals surface area contributed by atoms with E-state index >= 15 is 0 Å². The van der Waals surface area contributed by atoms with Gasteiger partial charge in [0, 0.05) is 22.5 Å². The van der Waals surface area contributed by atoms with E-state index in [0.29, 0.717) is 6.42 Å². The highest BCUT2D eigenvalue weighted by Gasteiger charge is 2.29. The lowest BCUT2D eigenvalue weighted by atomic mass is 9.97. The summed E-state index contributed by atoms with van der Waals surface area (Å²) in [6, 6.07) is 5.87. The third-order valence-corrected chi connectivity index (χ3v) is 6.66. The van der Waals surface area contributed by atoms with Gasteiger partial charge in [0.15, 0.2) is 0 Å². The number of benzene rings is 1. The van der Waals surface area contributed by atoms with Gasteiger partial charge in [0.25, 0.3) is 0 Å². The molecule has 0 N–H and O–H groups in total. The maximum atomic E-state index is 11.7. The fraction of sp³-hybridized carbons (Fsp3) is 0.571. The summed E-state index contributed by atoms with van der Waals surface area (Å²) < 4.78 is 30.3. The van der Waals surface area contributed by atoms with Crippen LogP contribution in [0.2, 0.25) is 0 Å². The molecule has 0 radical (unpaired) electrons. The monoisotopic (exact) mass is 424 g/mol. The molecule has 1 aromatic carbocycles. The zero-order chi connectivity index (χ0) is 14.8. The Kier molecular flexibility index (Phi) is 5.54. The van der Waals surface area contributed by atoms with Crippen molar-refractivity contribution >= 4 is 41.7 Å². The van der Waals surface area contributed by atoms with Crippen molar-refractivity contribution in [3.8, 4) is 5.75 Å². The molecular formula is C14H18Br2O3S. The quantitative estimate of drug-likeness (QED) is 0.682. The Bertz CT molecular complexity index is 572. The minimum atomic E-state index is -2.97. The molecule has 0 aliphatic heterocycles. The van der Waals surface area contributed by atoms with Crippen molar-refractivity contribution in [1.82, 2.24) is 0 Å². The van der Waals surface area contributed by atoms with Gasteiger partial charge in [0.05, 0.1) is 11.4 Å². The standard InChI is InChI=1S/C14H18Br2O3S/c1-20(17,18)13-4-2-3-11(8-13)19-12-5-6-14(16)10(7-12)9-15/h5-7,11,13H,2-4,8-9H2,1H3. The molecule has 0 spiro atoms. The van der Waals surface area contributed by atoms with Gasteiger partial charge in [-0.3, -0.25) is 0 Å². The van der Waals surface area contributed by atoms with Crippen molar-refractivity contribution in [2.24, 2.45) is 0 Å². The van der Waals surface area contributed by atoms with E-state index in [4.69, 9.17) is 4.74 Å². The summed E-state index contributed by atoms with van der Waals surface area (Å²) in [4.78, 5) is 0. The summed E-state index contributed by atoms with van der Waals surface area (Å²) in [5.74, 6) is 0.807. The number of alkyl halides is 1. The molecule has 0 saturated heterocycles. The number of halogens is 2. The summed E-state index contributed by atoms with van der Waals surface area (Å²) in [6.45, 7) is 0. The van der Waals surface area contributed by atoms with Crippen LogP contribution in [0.25, 0.3) is 0 Å². The van der Waals surface area contributed by atoms with Gasteiger partial charge in [-0.2, -0.15) is 0 Å². The SMILES string of the molecule is CS(=O)(=O)C1CCCC(Oc2ccc(Br)c(CBr)c2)C1. The molecule has 0 heterocycles. The second kappa shape index (κ2) is 6.79. The van der Waals surface area contributed by atoms with Gasteiger partial charge >= 0.3 is 0 Å². The smallest absolute Gasteiger partial charge is 0.150 e. The molecule has 2 rings (SSSR count). The Balaban J connectivity index is 2.06. The molecule has 0 aromatic heterocycles. The maximum Gasteiger partial charge on any atom is 0.150 e. The van der Waals surface area contributed by atoms with E-state index in [1.54, 1.807) is 0 Å². The second-order valence-electron chi connectivity index (χ2n) is 5.24. The number of hydrogen-bond donors (Lipinski definition) is 0. The van der Waals surface area contributed by atoms with Crippen LogP contribution in [0.5, 0.6) is 5.75 Å². The fourth-order valence-corrected chi connectivity index (χ4v) is 4.90. The van der Waals surface area contributed by atoms with Crippen LogP contribution < -0.4 is 4.74 Å². The largest absolute Gasteiger partial charge is 0.490 e. The van der Waals surface area contributed by atoms with Crippen molar-refractivity contribution in [3.05, 3.63) is 28.2 Å². The molecule has 1 aliphatic rings. The lowest BCUT2D eigenvalue weighted by Gasteiger charge is -2.28. The first-order chi connectivity index (χ1) is 9.40. The van der Waals surface area contributed by atoms with Crippen LogP contribution >= 0.6 is 31.9 Å². The Morgan fingerprint density at radius 3 is 2.75 bits per heavy atom. The highest BCUT2D eigenvalue weighted by Crippen LogP contribution is 2.30. The predicted octanol–water partition coefficient (Wildman–Crippen LogP) is 4.08. The van der Waals surface area contributed by atoms with Gasteiger partial charge in [-0.1, -0.05) is 31.9 Å². The molecule has 1 aromatic rings. The Morgan fingerprint density at radius 2 is 2.10 bits per heavy atom. The first kappa shape index (κ1) is 16.3. The summed E-state index contributed by atoms with van der Waals surface area (Å²) in [5.41, 5.74) is 1.12. The van der Waals surface area contributed by atoms with Crippen LogP contribution in [0.1, 0.15) is 31.2 Å². The third-order valence-electron chi connectivity index (χ3n) is 3.65. The summed E-state index contributed by atoms with van der Waals surface area (Å²) >= 11 is 6.93. The first-order valence-corrected chi connectivity index (χ1v) is 10.5. The van der Waals surface area contributed by atoms with E-state index in [1.807, 2.05) is 18.2 Å². The molecule has 1 fully saturated rings. The van der Waals surface area contributed by atoms with Crippen molar-refractivity contribution in [3.63, 3.8) is 0 Å². The summed E-state index contributed by atoms with van der Waals surface area (Å²) in [6.07, 6.45) is 4.50. The summed E-state index contributed by atoms with van der Waals surface area (Å²) in [7, 11) is -2.97. The van der Waals surface area contributed by atoms with Crippen LogP contribution in [-0.2, 0) is 15.2 Å². The fourth-order valence-electron chi connectivity index (χ4n) is 2.52. The highest BCUT2D eigenvalue weighted by molar-refractivity contribution is 9.10. The number of hydrogen-bond acceptors (Lipinski definition) is 3. The van der Waals surface area contributed by atoms with E-state index in [0.717, 1.165) is 40.4 Å². The zero-order valence-electron chi connectivity index (χ0n) is 11.3. The second-order valence-corrected chi connectivity index (χ2v) is 8.99. The van der Waals surface area contributed by atoms with E-state index in [-0.39, 0.29) is 11.4 Å². The minimum Gasteiger partial charge on any atom is -0.490 e. The van der Waals surface area contributed by atoms with Crippen molar-refractivity contribution in [1.29, 1.82) is 0 Å². The van der Waals surface area contributed by atoms with E-state index < -0.39 is 9.84 Å². The van der Waals surface area contributed by atoms with E-state index in [1.165, 1.54) is 6.26 Å². The van der Waals surface area contributed by atoms with Crippen molar-refractivity contribution < 1.29 is 13.2 Å². The molecular weight excluding hydrogens is 408 g/mol. The van der Waals surface area contributed by atoms with Crippen LogP contribution in [-0.4, -0.2) is 26.0 Å². The Hall–Kier alpha value is -0.0700. The Morgan fingerprint density at radius 1 is 1.35 bits per heavy atom. The average Bonchev–Trinajstić information content (AvgIpc) is 2.40. The van der Waals surface area contributed by atoms with E-state index in [2.05, 4.69) is 31.9 Å². The highest BCUT2D eigenvalue weighted by atomic mass is 79.9. The molecule has 6 heteroatoms. The van der Waals surface area contributed by atoms with Gasteiger partial charge in [0.1, 0.15) is 15.6 Å². The van der Waals surface area contributed by atoms with Gasteiger partial charge in [-0.15, -0.1) is 0 Å². The maximum absolute atomic E-state index is 11.7. The molecule has 20 heavy (non-hydrogen) atoms. The van der Waals surface area contributed by atoms with E-state index in [9.17, 15) is 8.42 Å².